The minimum atomic E-state index is 0.120. The molecule has 0 spiro atoms. The number of nitrogens with one attached hydrogen (secondary N) is 1. The van der Waals surface area contributed by atoms with E-state index in [1.165, 1.54) is 13.0 Å². The summed E-state index contributed by atoms with van der Waals surface area (Å²) in [5, 5.41) is 3.01. The van der Waals surface area contributed by atoms with Gasteiger partial charge in [-0.1, -0.05) is 13.8 Å². The van der Waals surface area contributed by atoms with Gasteiger partial charge in [0, 0.05) is 19.5 Å². The molecule has 1 atom stereocenters. The number of hydrogen-bond donors (Lipinski definition) is 2. The highest BCUT2D eigenvalue weighted by Crippen LogP contribution is 2.33. The molecule has 0 aromatic carbocycles. The largest absolute Gasteiger partial charge is 0.356 e. The van der Waals surface area contributed by atoms with E-state index in [4.69, 9.17) is 0 Å². The molecule has 1 N–H and O–H groups in total. The fourth-order valence-corrected chi connectivity index (χ4v) is 2.44. The highest BCUT2D eigenvalue weighted by molar-refractivity contribution is 7.80. The second kappa shape index (κ2) is 5.92. The fourth-order valence-electron chi connectivity index (χ4n) is 2.23. The molecule has 16 heavy (non-hydrogen) atoms. The Balaban J connectivity index is 2.36. The lowest BCUT2D eigenvalue weighted by Gasteiger charge is -2.31. The third kappa shape index (κ3) is 3.98. The molecule has 0 aliphatic carbocycles. The molecular weight excluding hydrogens is 220 g/mol. The van der Waals surface area contributed by atoms with Gasteiger partial charge < -0.3 is 10.2 Å². The molecule has 1 unspecified atom stereocenters. The van der Waals surface area contributed by atoms with Crippen molar-refractivity contribution in [3.8, 4) is 0 Å². The van der Waals surface area contributed by atoms with E-state index in [1.54, 1.807) is 0 Å². The second-order valence-corrected chi connectivity index (χ2v) is 5.93. The van der Waals surface area contributed by atoms with Crippen molar-refractivity contribution in [2.45, 2.75) is 26.7 Å². The third-order valence-electron chi connectivity index (χ3n) is 3.58. The first-order valence-electron chi connectivity index (χ1n) is 6.02. The van der Waals surface area contributed by atoms with Crippen molar-refractivity contribution < 1.29 is 4.79 Å². The van der Waals surface area contributed by atoms with Gasteiger partial charge in [0.05, 0.1) is 0 Å². The van der Waals surface area contributed by atoms with Gasteiger partial charge >= 0.3 is 0 Å². The highest BCUT2D eigenvalue weighted by atomic mass is 32.1. The van der Waals surface area contributed by atoms with Crippen LogP contribution in [0.15, 0.2) is 0 Å². The fraction of sp³-hybridized carbons (Fsp3) is 0.917. The van der Waals surface area contributed by atoms with Gasteiger partial charge in [-0.25, -0.2) is 0 Å². The molecule has 1 rings (SSSR count). The van der Waals surface area contributed by atoms with Gasteiger partial charge in [0.1, 0.15) is 0 Å². The molecule has 0 saturated carbocycles. The third-order valence-corrected chi connectivity index (χ3v) is 3.80. The Labute approximate surface area is 104 Å². The molecule has 1 saturated heterocycles. The molecule has 1 heterocycles. The van der Waals surface area contributed by atoms with Crippen LogP contribution >= 0.6 is 12.6 Å². The molecular formula is C12H24N2OS. The van der Waals surface area contributed by atoms with Gasteiger partial charge in [0.25, 0.3) is 0 Å². The number of carbonyl (C=O) groups excluding carboxylic acids is 1. The van der Waals surface area contributed by atoms with Gasteiger partial charge in [0.15, 0.2) is 0 Å². The average Bonchev–Trinajstić information content (AvgIpc) is 2.63. The van der Waals surface area contributed by atoms with Gasteiger partial charge in [-0.3, -0.25) is 4.79 Å². The Morgan fingerprint density at radius 1 is 1.56 bits per heavy atom. The predicted octanol–water partition coefficient (Wildman–Crippen LogP) is 1.40. The van der Waals surface area contributed by atoms with Crippen molar-refractivity contribution in [3.63, 3.8) is 0 Å². The first-order valence-corrected chi connectivity index (χ1v) is 6.65. The number of likely N-dealkylation sites (tertiary alicyclic amines) is 1. The predicted molar refractivity (Wildman–Crippen MR) is 70.9 cm³/mol. The normalized spacial score (nSPS) is 22.4. The molecule has 0 aromatic heterocycles. The van der Waals surface area contributed by atoms with Crippen LogP contribution in [0.4, 0.5) is 0 Å². The lowest BCUT2D eigenvalue weighted by molar-refractivity contribution is -0.121. The number of rotatable bonds is 5. The number of hydrogen-bond acceptors (Lipinski definition) is 3. The van der Waals surface area contributed by atoms with E-state index in [0.717, 1.165) is 13.1 Å². The second-order valence-electron chi connectivity index (χ2n) is 5.49. The molecule has 1 amide bonds. The van der Waals surface area contributed by atoms with Gasteiger partial charge in [-0.05, 0) is 37.1 Å². The van der Waals surface area contributed by atoms with Crippen LogP contribution in [0.5, 0.6) is 0 Å². The van der Waals surface area contributed by atoms with Crippen LogP contribution < -0.4 is 5.32 Å². The van der Waals surface area contributed by atoms with Gasteiger partial charge in [-0.2, -0.15) is 12.6 Å². The molecule has 0 radical (unpaired) electrons. The quantitative estimate of drug-likeness (QED) is 0.717. The maximum Gasteiger partial charge on any atom is 0.220 e. The summed E-state index contributed by atoms with van der Waals surface area (Å²) in [4.78, 5) is 13.8. The van der Waals surface area contributed by atoms with Crippen molar-refractivity contribution >= 4 is 18.5 Å². The van der Waals surface area contributed by atoms with Crippen molar-refractivity contribution in [3.05, 3.63) is 0 Å². The van der Waals surface area contributed by atoms with Gasteiger partial charge in [0.2, 0.25) is 5.91 Å². The molecule has 1 aliphatic rings. The zero-order valence-electron chi connectivity index (χ0n) is 10.6. The van der Waals surface area contributed by atoms with E-state index in [2.05, 4.69) is 43.7 Å². The number of amides is 1. The van der Waals surface area contributed by atoms with E-state index in [-0.39, 0.29) is 11.3 Å². The maximum atomic E-state index is 11.4. The Morgan fingerprint density at radius 2 is 2.25 bits per heavy atom. The summed E-state index contributed by atoms with van der Waals surface area (Å²) in [6.07, 6.45) is 1.76. The summed E-state index contributed by atoms with van der Waals surface area (Å²) >= 11 is 4.06. The number of nitrogens with zero attached hydrogens (tertiary/aromatic N) is 1. The molecule has 1 fully saturated rings. The van der Waals surface area contributed by atoms with E-state index in [9.17, 15) is 4.79 Å². The monoisotopic (exact) mass is 244 g/mol. The lowest BCUT2D eigenvalue weighted by atomic mass is 9.78. The van der Waals surface area contributed by atoms with Crippen LogP contribution in [0.3, 0.4) is 0 Å². The lowest BCUT2D eigenvalue weighted by Crippen LogP contribution is -2.39. The summed E-state index contributed by atoms with van der Waals surface area (Å²) in [6.45, 7) is 7.60. The van der Waals surface area contributed by atoms with E-state index in [1.807, 2.05) is 0 Å². The first-order chi connectivity index (χ1) is 7.45. The van der Waals surface area contributed by atoms with E-state index in [0.29, 0.717) is 18.1 Å². The zero-order valence-corrected chi connectivity index (χ0v) is 11.5. The van der Waals surface area contributed by atoms with Crippen LogP contribution in [0, 0.1) is 11.3 Å². The molecule has 0 aromatic rings. The minimum absolute atomic E-state index is 0.120. The summed E-state index contributed by atoms with van der Waals surface area (Å²) in [6, 6.07) is 0. The number of carbonyl (C=O) groups is 1. The van der Waals surface area contributed by atoms with Crippen LogP contribution in [0.25, 0.3) is 0 Å². The van der Waals surface area contributed by atoms with Crippen molar-refractivity contribution in [2.75, 3.05) is 32.4 Å². The smallest absolute Gasteiger partial charge is 0.220 e. The molecule has 1 aliphatic heterocycles. The minimum Gasteiger partial charge on any atom is -0.356 e. The van der Waals surface area contributed by atoms with E-state index >= 15 is 0 Å². The van der Waals surface area contributed by atoms with Crippen LogP contribution in [-0.2, 0) is 4.79 Å². The maximum absolute atomic E-state index is 11.4. The highest BCUT2D eigenvalue weighted by Gasteiger charge is 2.33. The van der Waals surface area contributed by atoms with Gasteiger partial charge in [-0.15, -0.1) is 0 Å². The molecule has 4 heteroatoms. The Hall–Kier alpha value is -0.220. The van der Waals surface area contributed by atoms with Crippen LogP contribution in [0.2, 0.25) is 0 Å². The average molecular weight is 244 g/mol. The molecule has 3 nitrogen and oxygen atoms in total. The standard InChI is InChI=1S/C12H24N2OS/c1-12(2,9-13-11(15)5-7-16)10-4-6-14(3)8-10/h10,16H,4-9H2,1-3H3,(H,13,15). The molecule has 94 valence electrons. The SMILES string of the molecule is CN1CCC(C(C)(C)CNC(=O)CCS)C1. The zero-order chi connectivity index (χ0) is 12.2. The summed E-state index contributed by atoms with van der Waals surface area (Å²) in [5.41, 5.74) is 0.191. The molecule has 0 bridgehead atoms. The first kappa shape index (κ1) is 13.8. The Bertz CT molecular complexity index is 243. The van der Waals surface area contributed by atoms with Crippen molar-refractivity contribution in [2.24, 2.45) is 11.3 Å². The van der Waals surface area contributed by atoms with Crippen LogP contribution in [0.1, 0.15) is 26.7 Å². The van der Waals surface area contributed by atoms with E-state index < -0.39 is 0 Å². The summed E-state index contributed by atoms with van der Waals surface area (Å²) in [5.74, 6) is 1.43. The van der Waals surface area contributed by atoms with Crippen molar-refractivity contribution in [1.29, 1.82) is 0 Å². The topological polar surface area (TPSA) is 32.3 Å². The summed E-state index contributed by atoms with van der Waals surface area (Å²) in [7, 11) is 2.16. The number of thiol groups is 1. The Kier molecular flexibility index (Phi) is 5.12. The van der Waals surface area contributed by atoms with Crippen LogP contribution in [-0.4, -0.2) is 43.2 Å². The van der Waals surface area contributed by atoms with Crippen molar-refractivity contribution in [1.82, 2.24) is 10.2 Å². The summed E-state index contributed by atoms with van der Waals surface area (Å²) < 4.78 is 0. The Morgan fingerprint density at radius 3 is 2.75 bits per heavy atom.